The molecule has 0 saturated heterocycles. The van der Waals surface area contributed by atoms with Gasteiger partial charge < -0.3 is 5.11 Å². The van der Waals surface area contributed by atoms with Crippen molar-refractivity contribution in [2.75, 3.05) is 0 Å². The number of hydrogen-bond donors (Lipinski definition) is 1. The molecule has 0 heterocycles. The molecule has 0 aromatic heterocycles. The lowest BCUT2D eigenvalue weighted by Gasteiger charge is -2.16. The summed E-state index contributed by atoms with van der Waals surface area (Å²) in [5.41, 5.74) is -0.197. The molecule has 0 aliphatic rings. The molecule has 0 fully saturated rings. The highest BCUT2D eigenvalue weighted by Gasteiger charge is 2.23. The Morgan fingerprint density at radius 2 is 1.74 bits per heavy atom. The molecule has 2 rings (SSSR count). The summed E-state index contributed by atoms with van der Waals surface area (Å²) in [6, 6.07) is 6.30. The van der Waals surface area contributed by atoms with Crippen molar-refractivity contribution in [2.45, 2.75) is 13.0 Å². The third kappa shape index (κ3) is 2.53. The number of aliphatic hydroxyl groups is 1. The molecule has 1 nitrogen and oxygen atoms in total. The second-order valence-corrected chi connectivity index (χ2v) is 4.93. The van der Waals surface area contributed by atoms with Gasteiger partial charge in [0.15, 0.2) is 0 Å². The Morgan fingerprint density at radius 1 is 1.05 bits per heavy atom. The van der Waals surface area contributed by atoms with Crippen LogP contribution in [0.3, 0.4) is 0 Å². The summed E-state index contributed by atoms with van der Waals surface area (Å²) in [5.74, 6) is -2.31. The average molecular weight is 331 g/mol. The minimum atomic E-state index is -1.58. The molecule has 1 unspecified atom stereocenters. The lowest BCUT2D eigenvalue weighted by molar-refractivity contribution is 0.207. The van der Waals surface area contributed by atoms with Gasteiger partial charge in [0.05, 0.1) is 10.0 Å². The Kier molecular flexibility index (Phi) is 3.96. The minimum absolute atomic E-state index is 0.0113. The molecule has 0 amide bonds. The maximum Gasteiger partial charge on any atom is 0.137 e. The molecular formula is C14H10BrF3O. The van der Waals surface area contributed by atoms with Gasteiger partial charge in [-0.25, -0.2) is 13.2 Å². The van der Waals surface area contributed by atoms with E-state index in [4.69, 9.17) is 0 Å². The third-order valence-electron chi connectivity index (χ3n) is 2.87. The van der Waals surface area contributed by atoms with Crippen molar-refractivity contribution in [2.24, 2.45) is 0 Å². The van der Waals surface area contributed by atoms with Gasteiger partial charge in [-0.1, -0.05) is 18.2 Å². The monoisotopic (exact) mass is 330 g/mol. The van der Waals surface area contributed by atoms with Gasteiger partial charge in [-0.3, -0.25) is 0 Å². The van der Waals surface area contributed by atoms with Crippen molar-refractivity contribution < 1.29 is 18.3 Å². The van der Waals surface area contributed by atoms with Gasteiger partial charge in [-0.2, -0.15) is 0 Å². The number of halogens is 4. The van der Waals surface area contributed by atoms with E-state index in [1.807, 2.05) is 0 Å². The SMILES string of the molecule is Cc1ccc(F)c(C(O)c2cccc(F)c2Br)c1F. The van der Waals surface area contributed by atoms with Gasteiger partial charge in [0.25, 0.3) is 0 Å². The fourth-order valence-electron chi connectivity index (χ4n) is 1.82. The Labute approximate surface area is 116 Å². The van der Waals surface area contributed by atoms with E-state index in [2.05, 4.69) is 15.9 Å². The largest absolute Gasteiger partial charge is 0.383 e. The smallest absolute Gasteiger partial charge is 0.137 e. The molecule has 0 radical (unpaired) electrons. The van der Waals surface area contributed by atoms with E-state index in [1.165, 1.54) is 31.2 Å². The topological polar surface area (TPSA) is 20.2 Å². The second-order valence-electron chi connectivity index (χ2n) is 4.14. The molecule has 1 atom stereocenters. The van der Waals surface area contributed by atoms with E-state index in [0.717, 1.165) is 6.07 Å². The average Bonchev–Trinajstić information content (AvgIpc) is 2.37. The van der Waals surface area contributed by atoms with E-state index >= 15 is 0 Å². The number of rotatable bonds is 2. The van der Waals surface area contributed by atoms with E-state index in [-0.39, 0.29) is 15.6 Å². The van der Waals surface area contributed by atoms with Crippen LogP contribution in [0.4, 0.5) is 13.2 Å². The van der Waals surface area contributed by atoms with E-state index in [9.17, 15) is 18.3 Å². The Balaban J connectivity index is 2.59. The number of aliphatic hydroxyl groups excluding tert-OH is 1. The Morgan fingerprint density at radius 3 is 2.42 bits per heavy atom. The second kappa shape index (κ2) is 5.35. The van der Waals surface area contributed by atoms with Crippen LogP contribution < -0.4 is 0 Å². The standard InChI is InChI=1S/C14H10BrF3O/c1-7-5-6-9(16)11(13(7)18)14(19)8-3-2-4-10(17)12(8)15/h2-6,14,19H,1H3. The molecule has 0 aliphatic carbocycles. The fraction of sp³-hybridized carbons (Fsp3) is 0.143. The summed E-state index contributed by atoms with van der Waals surface area (Å²) in [6.07, 6.45) is -1.58. The molecule has 1 N–H and O–H groups in total. The van der Waals surface area contributed by atoms with Crippen LogP contribution in [-0.4, -0.2) is 5.11 Å². The van der Waals surface area contributed by atoms with Crippen LogP contribution >= 0.6 is 15.9 Å². The van der Waals surface area contributed by atoms with Gasteiger partial charge in [0.1, 0.15) is 23.6 Å². The summed E-state index contributed by atoms with van der Waals surface area (Å²) in [5, 5.41) is 10.1. The molecule has 5 heteroatoms. The van der Waals surface area contributed by atoms with Crippen molar-refractivity contribution in [1.82, 2.24) is 0 Å². The number of benzene rings is 2. The molecular weight excluding hydrogens is 321 g/mol. The molecule has 19 heavy (non-hydrogen) atoms. The van der Waals surface area contributed by atoms with Crippen LogP contribution in [0, 0.1) is 24.4 Å². The highest BCUT2D eigenvalue weighted by molar-refractivity contribution is 9.10. The van der Waals surface area contributed by atoms with Gasteiger partial charge in [-0.05, 0) is 40.5 Å². The molecule has 2 aromatic carbocycles. The highest BCUT2D eigenvalue weighted by atomic mass is 79.9. The zero-order valence-electron chi connectivity index (χ0n) is 9.92. The maximum absolute atomic E-state index is 13.9. The summed E-state index contributed by atoms with van der Waals surface area (Å²) in [7, 11) is 0. The predicted octanol–water partition coefficient (Wildman–Crippen LogP) is 4.26. The lowest BCUT2D eigenvalue weighted by Crippen LogP contribution is -2.08. The first-order valence-corrected chi connectivity index (χ1v) is 6.29. The minimum Gasteiger partial charge on any atom is -0.383 e. The zero-order chi connectivity index (χ0) is 14.2. The zero-order valence-corrected chi connectivity index (χ0v) is 11.5. The first kappa shape index (κ1) is 14.1. The number of aryl methyl sites for hydroxylation is 1. The van der Waals surface area contributed by atoms with Gasteiger partial charge >= 0.3 is 0 Å². The Hall–Kier alpha value is -1.33. The van der Waals surface area contributed by atoms with Crippen LogP contribution in [0.25, 0.3) is 0 Å². The van der Waals surface area contributed by atoms with Crippen LogP contribution in [0.1, 0.15) is 22.8 Å². The van der Waals surface area contributed by atoms with Crippen LogP contribution in [0.2, 0.25) is 0 Å². The fourth-order valence-corrected chi connectivity index (χ4v) is 2.30. The van der Waals surface area contributed by atoms with Gasteiger partial charge in [0.2, 0.25) is 0 Å². The molecule has 0 saturated carbocycles. The summed E-state index contributed by atoms with van der Waals surface area (Å²) in [6.45, 7) is 1.46. The highest BCUT2D eigenvalue weighted by Crippen LogP contribution is 2.33. The van der Waals surface area contributed by atoms with Gasteiger partial charge in [-0.15, -0.1) is 0 Å². The normalized spacial score (nSPS) is 12.5. The summed E-state index contributed by atoms with van der Waals surface area (Å²) < 4.78 is 41.0. The quantitative estimate of drug-likeness (QED) is 0.872. The lowest BCUT2D eigenvalue weighted by atomic mass is 9.98. The summed E-state index contributed by atoms with van der Waals surface area (Å²) >= 11 is 2.97. The molecule has 100 valence electrons. The molecule has 0 bridgehead atoms. The first-order valence-electron chi connectivity index (χ1n) is 5.50. The Bertz CT molecular complexity index is 628. The van der Waals surface area contributed by atoms with Crippen molar-refractivity contribution in [3.63, 3.8) is 0 Å². The summed E-state index contributed by atoms with van der Waals surface area (Å²) in [4.78, 5) is 0. The van der Waals surface area contributed by atoms with Crippen molar-refractivity contribution >= 4 is 15.9 Å². The first-order chi connectivity index (χ1) is 8.93. The van der Waals surface area contributed by atoms with E-state index < -0.39 is 29.1 Å². The molecule has 0 spiro atoms. The van der Waals surface area contributed by atoms with Crippen LogP contribution in [-0.2, 0) is 0 Å². The molecule has 0 aliphatic heterocycles. The third-order valence-corrected chi connectivity index (χ3v) is 3.71. The van der Waals surface area contributed by atoms with E-state index in [0.29, 0.717) is 0 Å². The van der Waals surface area contributed by atoms with Crippen molar-refractivity contribution in [1.29, 1.82) is 0 Å². The van der Waals surface area contributed by atoms with Crippen LogP contribution in [0.5, 0.6) is 0 Å². The van der Waals surface area contributed by atoms with Crippen LogP contribution in [0.15, 0.2) is 34.8 Å². The number of hydrogen-bond acceptors (Lipinski definition) is 1. The van der Waals surface area contributed by atoms with E-state index in [1.54, 1.807) is 0 Å². The predicted molar refractivity (Wildman–Crippen MR) is 69.3 cm³/mol. The maximum atomic E-state index is 13.9. The molecule has 2 aromatic rings. The van der Waals surface area contributed by atoms with Gasteiger partial charge in [0, 0.05) is 5.56 Å². The van der Waals surface area contributed by atoms with Crippen molar-refractivity contribution in [3.05, 3.63) is 68.9 Å². The van der Waals surface area contributed by atoms with Crippen molar-refractivity contribution in [3.8, 4) is 0 Å².